The van der Waals surface area contributed by atoms with Crippen LogP contribution in [0.1, 0.15) is 41.0 Å². The molecule has 96 valence electrons. The summed E-state index contributed by atoms with van der Waals surface area (Å²) in [7, 11) is 0. The Morgan fingerprint density at radius 2 is 1.88 bits per heavy atom. The molecule has 0 bridgehead atoms. The lowest BCUT2D eigenvalue weighted by Gasteiger charge is -2.34. The van der Waals surface area contributed by atoms with Gasteiger partial charge in [-0.25, -0.2) is 0 Å². The Morgan fingerprint density at radius 1 is 1.38 bits per heavy atom. The molecular weight excluding hydrogens is 202 g/mol. The zero-order valence-electron chi connectivity index (χ0n) is 11.3. The second kappa shape index (κ2) is 6.86. The number of hydrogen-bond acceptors (Lipinski definition) is 3. The molecule has 16 heavy (non-hydrogen) atoms. The van der Waals surface area contributed by atoms with Gasteiger partial charge in [0.25, 0.3) is 0 Å². The van der Waals surface area contributed by atoms with Crippen molar-refractivity contribution in [1.82, 2.24) is 10.2 Å². The second-order valence-corrected chi connectivity index (χ2v) is 4.50. The lowest BCUT2D eigenvalue weighted by atomic mass is 9.92. The summed E-state index contributed by atoms with van der Waals surface area (Å²) < 4.78 is 0. The van der Waals surface area contributed by atoms with Crippen LogP contribution < -0.4 is 11.1 Å². The molecule has 1 amide bonds. The van der Waals surface area contributed by atoms with Gasteiger partial charge in [-0.05, 0) is 39.9 Å². The van der Waals surface area contributed by atoms with Crippen LogP contribution in [0.25, 0.3) is 0 Å². The Labute approximate surface area is 99.6 Å². The Balaban J connectivity index is 4.56. The topological polar surface area (TPSA) is 58.4 Å². The molecule has 0 rings (SSSR count). The fourth-order valence-electron chi connectivity index (χ4n) is 2.22. The molecule has 0 heterocycles. The van der Waals surface area contributed by atoms with Crippen LogP contribution in [0.2, 0.25) is 0 Å². The molecule has 0 aliphatic carbocycles. The first-order chi connectivity index (χ1) is 7.41. The van der Waals surface area contributed by atoms with Crippen molar-refractivity contribution in [3.63, 3.8) is 0 Å². The zero-order chi connectivity index (χ0) is 12.8. The van der Waals surface area contributed by atoms with Crippen LogP contribution >= 0.6 is 0 Å². The molecular formula is C12H27N3O. The smallest absolute Gasteiger partial charge is 0.237 e. The van der Waals surface area contributed by atoms with Gasteiger partial charge in [-0.3, -0.25) is 4.79 Å². The van der Waals surface area contributed by atoms with Crippen LogP contribution in [0.5, 0.6) is 0 Å². The van der Waals surface area contributed by atoms with E-state index >= 15 is 0 Å². The average Bonchev–Trinajstić information content (AvgIpc) is 2.19. The summed E-state index contributed by atoms with van der Waals surface area (Å²) in [4.78, 5) is 13.8. The van der Waals surface area contributed by atoms with E-state index in [0.717, 1.165) is 26.1 Å². The number of likely N-dealkylation sites (N-methyl/N-ethyl adjacent to an activating group) is 1. The Hall–Kier alpha value is -0.610. The van der Waals surface area contributed by atoms with Crippen molar-refractivity contribution >= 4 is 5.91 Å². The van der Waals surface area contributed by atoms with Gasteiger partial charge in [0.15, 0.2) is 0 Å². The predicted octanol–water partition coefficient (Wildman–Crippen LogP) is 0.960. The SMILES string of the molecule is CCNC(C)(CC(C)N(CC)CC)C(N)=O. The van der Waals surface area contributed by atoms with Crippen molar-refractivity contribution in [1.29, 1.82) is 0 Å². The highest BCUT2D eigenvalue weighted by molar-refractivity contribution is 5.84. The summed E-state index contributed by atoms with van der Waals surface area (Å²) in [6, 6.07) is 0.353. The van der Waals surface area contributed by atoms with Gasteiger partial charge >= 0.3 is 0 Å². The van der Waals surface area contributed by atoms with Gasteiger partial charge in [0.2, 0.25) is 5.91 Å². The number of rotatable bonds is 8. The summed E-state index contributed by atoms with van der Waals surface area (Å²) in [5.41, 5.74) is 4.87. The van der Waals surface area contributed by atoms with E-state index in [4.69, 9.17) is 5.73 Å². The van der Waals surface area contributed by atoms with E-state index in [0.29, 0.717) is 6.04 Å². The molecule has 4 heteroatoms. The third kappa shape index (κ3) is 4.10. The third-order valence-corrected chi connectivity index (χ3v) is 3.25. The molecule has 3 N–H and O–H groups in total. The van der Waals surface area contributed by atoms with Crippen LogP contribution in [0, 0.1) is 0 Å². The number of primary amides is 1. The van der Waals surface area contributed by atoms with Crippen LogP contribution in [0.15, 0.2) is 0 Å². The van der Waals surface area contributed by atoms with E-state index in [2.05, 4.69) is 31.0 Å². The summed E-state index contributed by atoms with van der Waals surface area (Å²) in [6.07, 6.45) is 0.748. The van der Waals surface area contributed by atoms with Crippen molar-refractivity contribution in [2.75, 3.05) is 19.6 Å². The molecule has 0 aliphatic heterocycles. The predicted molar refractivity (Wildman–Crippen MR) is 68.3 cm³/mol. The van der Waals surface area contributed by atoms with Crippen LogP contribution in [0.3, 0.4) is 0 Å². The van der Waals surface area contributed by atoms with Gasteiger partial charge in [-0.15, -0.1) is 0 Å². The molecule has 0 spiro atoms. The van der Waals surface area contributed by atoms with Crippen molar-refractivity contribution < 1.29 is 4.79 Å². The van der Waals surface area contributed by atoms with E-state index in [1.165, 1.54) is 0 Å². The molecule has 2 atom stereocenters. The number of nitrogens with two attached hydrogens (primary N) is 1. The fraction of sp³-hybridized carbons (Fsp3) is 0.917. The number of carbonyl (C=O) groups excluding carboxylic acids is 1. The summed E-state index contributed by atoms with van der Waals surface area (Å²) in [5.74, 6) is -0.270. The highest BCUT2D eigenvalue weighted by Gasteiger charge is 2.32. The van der Waals surface area contributed by atoms with Crippen LogP contribution in [-0.2, 0) is 4.79 Å². The number of nitrogens with zero attached hydrogens (tertiary/aromatic N) is 1. The molecule has 0 aromatic heterocycles. The van der Waals surface area contributed by atoms with Gasteiger partial charge in [0.1, 0.15) is 0 Å². The molecule has 0 aliphatic rings. The summed E-state index contributed by atoms with van der Waals surface area (Å²) >= 11 is 0. The molecule has 4 nitrogen and oxygen atoms in total. The van der Waals surface area contributed by atoms with E-state index in [1.54, 1.807) is 0 Å². The maximum atomic E-state index is 11.5. The summed E-state index contributed by atoms with van der Waals surface area (Å²) in [6.45, 7) is 13.0. The van der Waals surface area contributed by atoms with Crippen LogP contribution in [0.4, 0.5) is 0 Å². The standard InChI is InChI=1S/C12H27N3O/c1-6-14-12(5,11(13)16)9-10(4)15(7-2)8-3/h10,14H,6-9H2,1-5H3,(H2,13,16). The Morgan fingerprint density at radius 3 is 2.19 bits per heavy atom. The van der Waals surface area contributed by atoms with Crippen molar-refractivity contribution in [2.45, 2.75) is 52.6 Å². The van der Waals surface area contributed by atoms with E-state index in [-0.39, 0.29) is 5.91 Å². The number of carbonyl (C=O) groups is 1. The lowest BCUT2D eigenvalue weighted by molar-refractivity contribution is -0.124. The van der Waals surface area contributed by atoms with Gasteiger partial charge in [-0.1, -0.05) is 20.8 Å². The number of amides is 1. The van der Waals surface area contributed by atoms with Gasteiger partial charge < -0.3 is 16.0 Å². The third-order valence-electron chi connectivity index (χ3n) is 3.25. The van der Waals surface area contributed by atoms with E-state index < -0.39 is 5.54 Å². The highest BCUT2D eigenvalue weighted by Crippen LogP contribution is 2.16. The molecule has 0 fully saturated rings. The largest absolute Gasteiger partial charge is 0.368 e. The minimum Gasteiger partial charge on any atom is -0.368 e. The molecule has 2 unspecified atom stereocenters. The van der Waals surface area contributed by atoms with Gasteiger partial charge in [0.05, 0.1) is 5.54 Å². The van der Waals surface area contributed by atoms with Crippen molar-refractivity contribution in [2.24, 2.45) is 5.73 Å². The maximum Gasteiger partial charge on any atom is 0.237 e. The quantitative estimate of drug-likeness (QED) is 0.652. The number of hydrogen-bond donors (Lipinski definition) is 2. The van der Waals surface area contributed by atoms with E-state index in [9.17, 15) is 4.79 Å². The molecule has 0 saturated carbocycles. The zero-order valence-corrected chi connectivity index (χ0v) is 11.3. The first kappa shape index (κ1) is 15.4. The Bertz CT molecular complexity index is 216. The Kier molecular flexibility index (Phi) is 6.60. The first-order valence-corrected chi connectivity index (χ1v) is 6.20. The second-order valence-electron chi connectivity index (χ2n) is 4.50. The van der Waals surface area contributed by atoms with Crippen molar-refractivity contribution in [3.8, 4) is 0 Å². The van der Waals surface area contributed by atoms with Gasteiger partial charge in [-0.2, -0.15) is 0 Å². The number of nitrogens with one attached hydrogen (secondary N) is 1. The highest BCUT2D eigenvalue weighted by atomic mass is 16.1. The average molecular weight is 229 g/mol. The van der Waals surface area contributed by atoms with Crippen LogP contribution in [-0.4, -0.2) is 42.0 Å². The minimum atomic E-state index is -0.600. The fourth-order valence-corrected chi connectivity index (χ4v) is 2.22. The molecule has 0 saturated heterocycles. The monoisotopic (exact) mass is 229 g/mol. The molecule has 0 radical (unpaired) electrons. The molecule has 0 aromatic carbocycles. The first-order valence-electron chi connectivity index (χ1n) is 6.20. The van der Waals surface area contributed by atoms with Crippen molar-refractivity contribution in [3.05, 3.63) is 0 Å². The minimum absolute atomic E-state index is 0.270. The lowest BCUT2D eigenvalue weighted by Crippen LogP contribution is -2.56. The van der Waals surface area contributed by atoms with E-state index in [1.807, 2.05) is 13.8 Å². The normalized spacial score (nSPS) is 17.1. The van der Waals surface area contributed by atoms with Gasteiger partial charge in [0, 0.05) is 6.04 Å². The maximum absolute atomic E-state index is 11.5. The summed E-state index contributed by atoms with van der Waals surface area (Å²) in [5, 5.41) is 3.19. The molecule has 0 aromatic rings.